The summed E-state index contributed by atoms with van der Waals surface area (Å²) in [4.78, 5) is 72.8. The van der Waals surface area contributed by atoms with Gasteiger partial charge in [0.05, 0.1) is 26.4 Å². The molecular weight excluding hydrogens is 1280 g/mol. The number of ether oxygens (including phenoxy) is 4. The second-order valence-corrected chi connectivity index (χ2v) is 27.7. The number of hydrogen-bond donors (Lipinski definition) is 3. The fraction of sp³-hybridized carbons (Fsp3) is 0.696. The van der Waals surface area contributed by atoms with Gasteiger partial charge in [0.1, 0.15) is 19.3 Å². The predicted octanol–water partition coefficient (Wildman–Crippen LogP) is 21.6. The van der Waals surface area contributed by atoms with Crippen LogP contribution >= 0.6 is 15.6 Å². The van der Waals surface area contributed by atoms with E-state index in [-0.39, 0.29) is 25.7 Å². The van der Waals surface area contributed by atoms with E-state index in [1.54, 1.807) is 0 Å². The van der Waals surface area contributed by atoms with Gasteiger partial charge in [-0.2, -0.15) is 0 Å². The van der Waals surface area contributed by atoms with Gasteiger partial charge >= 0.3 is 39.5 Å². The van der Waals surface area contributed by atoms with Crippen LogP contribution in [-0.2, 0) is 65.4 Å². The number of allylic oxidation sites excluding steroid dienone is 20. The van der Waals surface area contributed by atoms with Crippen LogP contribution in [0, 0.1) is 0 Å². The number of rotatable bonds is 70. The van der Waals surface area contributed by atoms with E-state index in [2.05, 4.69) is 149 Å². The van der Waals surface area contributed by atoms with Crippen molar-refractivity contribution >= 4 is 39.5 Å². The lowest BCUT2D eigenvalue weighted by Crippen LogP contribution is -2.30. The highest BCUT2D eigenvalue weighted by molar-refractivity contribution is 7.47. The summed E-state index contributed by atoms with van der Waals surface area (Å²) >= 11 is 0. The molecule has 0 saturated carbocycles. The number of aliphatic hydroxyl groups excluding tert-OH is 1. The molecule has 0 aromatic heterocycles. The van der Waals surface area contributed by atoms with Crippen LogP contribution in [0.2, 0.25) is 0 Å². The minimum Gasteiger partial charge on any atom is -0.462 e. The van der Waals surface area contributed by atoms with Crippen molar-refractivity contribution in [3.05, 3.63) is 122 Å². The highest BCUT2D eigenvalue weighted by Gasteiger charge is 2.30. The quantitative estimate of drug-likeness (QED) is 0.0169. The molecule has 0 radical (unpaired) electrons. The third-order valence-corrected chi connectivity index (χ3v) is 17.3. The van der Waals surface area contributed by atoms with Gasteiger partial charge in [-0.1, -0.05) is 265 Å². The number of carbonyl (C=O) groups excluding carboxylic acids is 4. The van der Waals surface area contributed by atoms with Gasteiger partial charge < -0.3 is 33.8 Å². The van der Waals surface area contributed by atoms with E-state index in [0.29, 0.717) is 25.7 Å². The molecule has 98 heavy (non-hydrogen) atoms. The molecule has 0 amide bonds. The summed E-state index contributed by atoms with van der Waals surface area (Å²) in [7, 11) is -9.96. The van der Waals surface area contributed by atoms with Crippen LogP contribution in [0.15, 0.2) is 122 Å². The molecule has 0 aliphatic carbocycles. The van der Waals surface area contributed by atoms with Gasteiger partial charge in [-0.05, 0) is 128 Å². The van der Waals surface area contributed by atoms with Crippen molar-refractivity contribution in [3.63, 3.8) is 0 Å². The molecule has 0 aliphatic rings. The van der Waals surface area contributed by atoms with E-state index in [4.69, 9.17) is 37.0 Å². The van der Waals surface area contributed by atoms with Gasteiger partial charge in [-0.3, -0.25) is 37.3 Å². The molecule has 0 aliphatic heterocycles. The van der Waals surface area contributed by atoms with Crippen LogP contribution in [0.1, 0.15) is 297 Å². The highest BCUT2D eigenvalue weighted by atomic mass is 31.2. The molecule has 0 fully saturated rings. The molecule has 0 saturated heterocycles. The lowest BCUT2D eigenvalue weighted by atomic mass is 10.1. The third kappa shape index (κ3) is 69.9. The largest absolute Gasteiger partial charge is 0.472 e. The van der Waals surface area contributed by atoms with Crippen LogP contribution in [0.25, 0.3) is 0 Å². The predicted molar refractivity (Wildman–Crippen MR) is 399 cm³/mol. The zero-order chi connectivity index (χ0) is 71.8. The van der Waals surface area contributed by atoms with Crippen LogP contribution in [0.4, 0.5) is 0 Å². The number of phosphoric ester groups is 2. The maximum atomic E-state index is 13.1. The van der Waals surface area contributed by atoms with E-state index in [1.165, 1.54) is 38.5 Å². The van der Waals surface area contributed by atoms with Gasteiger partial charge in [0.15, 0.2) is 12.2 Å². The zero-order valence-corrected chi connectivity index (χ0v) is 63.0. The maximum absolute atomic E-state index is 13.1. The molecule has 5 atom stereocenters. The Morgan fingerprint density at radius 2 is 0.551 bits per heavy atom. The number of unbranched alkanes of at least 4 members (excludes halogenated alkanes) is 24. The molecule has 3 N–H and O–H groups in total. The summed E-state index contributed by atoms with van der Waals surface area (Å²) in [6, 6.07) is 0. The first-order valence-corrected chi connectivity index (χ1v) is 40.8. The molecule has 0 heterocycles. The molecule has 0 aromatic rings. The molecule has 562 valence electrons. The van der Waals surface area contributed by atoms with Crippen molar-refractivity contribution in [1.82, 2.24) is 0 Å². The van der Waals surface area contributed by atoms with Gasteiger partial charge in [0, 0.05) is 25.7 Å². The van der Waals surface area contributed by atoms with Crippen LogP contribution in [0.3, 0.4) is 0 Å². The SMILES string of the molecule is CC/C=C\C/C=C\C/C=C\C/C=C\CCCCCCCCC(=O)OCC(COP(=O)(O)OCC(O)COP(=O)(O)OCC(COC(=O)CCCC/C=C\C/C=C\C/C=C\C/C=C\CC)OC(=O)CCCCCCC/C=C\C/C=C\CCC)OC(=O)CCCCCCCCCCCCC. The second kappa shape index (κ2) is 70.9. The third-order valence-electron chi connectivity index (χ3n) is 15.4. The average Bonchev–Trinajstić information content (AvgIpc) is 1.00. The molecule has 5 unspecified atom stereocenters. The fourth-order valence-corrected chi connectivity index (χ4v) is 11.3. The Labute approximate surface area is 593 Å². The fourth-order valence-electron chi connectivity index (χ4n) is 9.71. The Balaban J connectivity index is 5.35. The monoisotopic (exact) mass is 1420 g/mol. The summed E-state index contributed by atoms with van der Waals surface area (Å²) in [6.45, 7) is 4.49. The summed E-state index contributed by atoms with van der Waals surface area (Å²) in [6.07, 6.45) is 76.3. The van der Waals surface area contributed by atoms with Crippen molar-refractivity contribution in [2.24, 2.45) is 0 Å². The Morgan fingerprint density at radius 1 is 0.296 bits per heavy atom. The van der Waals surface area contributed by atoms with Crippen LogP contribution in [-0.4, -0.2) is 96.7 Å². The molecular formula is C79H134O17P2. The van der Waals surface area contributed by atoms with Crippen molar-refractivity contribution in [2.75, 3.05) is 39.6 Å². The number of phosphoric acid groups is 2. The number of aliphatic hydroxyl groups is 1. The van der Waals surface area contributed by atoms with Gasteiger partial charge in [-0.25, -0.2) is 9.13 Å². The van der Waals surface area contributed by atoms with Crippen molar-refractivity contribution in [3.8, 4) is 0 Å². The first-order chi connectivity index (χ1) is 47.7. The lowest BCUT2D eigenvalue weighted by Gasteiger charge is -2.21. The van der Waals surface area contributed by atoms with E-state index in [1.807, 2.05) is 0 Å². The van der Waals surface area contributed by atoms with Crippen molar-refractivity contribution in [2.45, 2.75) is 316 Å². The maximum Gasteiger partial charge on any atom is 0.472 e. The topological polar surface area (TPSA) is 237 Å². The summed E-state index contributed by atoms with van der Waals surface area (Å²) in [5.74, 6) is -2.25. The Bertz CT molecular complexity index is 2340. The minimum absolute atomic E-state index is 0.0677. The highest BCUT2D eigenvalue weighted by Crippen LogP contribution is 2.45. The molecule has 19 heteroatoms. The van der Waals surface area contributed by atoms with Crippen molar-refractivity contribution in [1.29, 1.82) is 0 Å². The van der Waals surface area contributed by atoms with Crippen LogP contribution in [0.5, 0.6) is 0 Å². The van der Waals surface area contributed by atoms with Crippen molar-refractivity contribution < 1.29 is 80.2 Å². The number of esters is 4. The van der Waals surface area contributed by atoms with Crippen LogP contribution < -0.4 is 0 Å². The Kier molecular flexibility index (Phi) is 67.6. The first-order valence-electron chi connectivity index (χ1n) is 37.8. The summed E-state index contributed by atoms with van der Waals surface area (Å²) in [5, 5.41) is 10.6. The molecule has 0 rings (SSSR count). The minimum atomic E-state index is -4.99. The lowest BCUT2D eigenvalue weighted by molar-refractivity contribution is -0.161. The number of hydrogen-bond acceptors (Lipinski definition) is 15. The first kappa shape index (κ1) is 93.5. The van der Waals surface area contributed by atoms with E-state index >= 15 is 0 Å². The van der Waals surface area contributed by atoms with E-state index < -0.39 is 97.5 Å². The second-order valence-electron chi connectivity index (χ2n) is 24.8. The van der Waals surface area contributed by atoms with Gasteiger partial charge in [-0.15, -0.1) is 0 Å². The van der Waals surface area contributed by atoms with Gasteiger partial charge in [0.2, 0.25) is 0 Å². The average molecular weight is 1420 g/mol. The zero-order valence-electron chi connectivity index (χ0n) is 61.2. The molecule has 17 nitrogen and oxygen atoms in total. The Hall–Kier alpha value is -4.54. The Morgan fingerprint density at radius 3 is 0.878 bits per heavy atom. The summed E-state index contributed by atoms with van der Waals surface area (Å²) < 4.78 is 68.4. The molecule has 0 spiro atoms. The van der Waals surface area contributed by atoms with Gasteiger partial charge in [0.25, 0.3) is 0 Å². The standard InChI is InChI=1S/C79H134O17P2/c1-5-9-13-17-21-25-29-32-34-35-36-37-39-42-45-48-52-56-60-64-77(82)89-69-74(95-78(83)65-61-57-53-49-43-28-24-20-16-12-8-4)71-93-97(85,86)91-67-73(80)68-92-98(87,88)94-72-75(96-79(84)66-62-58-54-50-46-40-31-27-23-19-15-11-7-3)70-90-76(81)63-59-55-51-47-44-41-38-33-30-26-22-18-14-10-6-2/h9-10,13-15,19,21-22,25-27,31-34,36-38,44,47,73-75,80H,5-8,11-12,16-18,20,23-24,28-30,35,39-43,45-46,48-72H2,1-4H3,(H,85,86)(H,87,88)/b13-9-,14-10-,19-15-,25-21-,26-22-,31-27-,34-32-,37-36-,38-33-,47-44-. The normalized spacial score (nSPS) is 14.6. The number of carbonyl (C=O) groups is 4. The summed E-state index contributed by atoms with van der Waals surface area (Å²) in [5.41, 5.74) is 0. The smallest absolute Gasteiger partial charge is 0.462 e. The van der Waals surface area contributed by atoms with E-state index in [9.17, 15) is 43.2 Å². The van der Waals surface area contributed by atoms with E-state index in [0.717, 1.165) is 180 Å². The molecule has 0 bridgehead atoms. The molecule has 0 aromatic carbocycles.